The van der Waals surface area contributed by atoms with Gasteiger partial charge in [-0.2, -0.15) is 0 Å². The van der Waals surface area contributed by atoms with Gasteiger partial charge in [0.15, 0.2) is 6.10 Å². The molecule has 120 valence electrons. The van der Waals surface area contributed by atoms with Gasteiger partial charge < -0.3 is 14.2 Å². The van der Waals surface area contributed by atoms with Crippen LogP contribution in [0.2, 0.25) is 0 Å². The van der Waals surface area contributed by atoms with Crippen LogP contribution in [-0.4, -0.2) is 24.8 Å². The highest BCUT2D eigenvalue weighted by Crippen LogP contribution is 2.27. The van der Waals surface area contributed by atoms with Crippen LogP contribution in [0.25, 0.3) is 0 Å². The molecule has 0 N–H and O–H groups in total. The Morgan fingerprint density at radius 2 is 1.68 bits per heavy atom. The maximum Gasteiger partial charge on any atom is 0.509 e. The monoisotopic (exact) mass is 306 g/mol. The number of carbonyl (C=O) groups excluding carboxylic acids is 2. The first-order valence-electron chi connectivity index (χ1n) is 6.87. The summed E-state index contributed by atoms with van der Waals surface area (Å²) in [4.78, 5) is 23.6. The molecule has 1 atom stereocenters. The van der Waals surface area contributed by atoms with E-state index in [0.717, 1.165) is 5.56 Å². The van der Waals surface area contributed by atoms with Crippen molar-refractivity contribution in [2.24, 2.45) is 0 Å². The first kappa shape index (κ1) is 17.8. The molecule has 0 spiro atoms. The van der Waals surface area contributed by atoms with Crippen molar-refractivity contribution in [3.8, 4) is 0 Å². The van der Waals surface area contributed by atoms with Gasteiger partial charge in [-0.1, -0.05) is 36.4 Å². The van der Waals surface area contributed by atoms with Crippen LogP contribution in [0.15, 0.2) is 36.4 Å². The Morgan fingerprint density at radius 1 is 1.14 bits per heavy atom. The molecule has 0 fully saturated rings. The van der Waals surface area contributed by atoms with Gasteiger partial charge in [0.1, 0.15) is 5.60 Å². The van der Waals surface area contributed by atoms with E-state index >= 15 is 0 Å². The van der Waals surface area contributed by atoms with Gasteiger partial charge in [0.25, 0.3) is 0 Å². The van der Waals surface area contributed by atoms with Gasteiger partial charge in [-0.15, -0.1) is 0 Å². The summed E-state index contributed by atoms with van der Waals surface area (Å²) in [5, 5.41) is 0. The van der Waals surface area contributed by atoms with Crippen LogP contribution < -0.4 is 0 Å². The molecule has 1 unspecified atom stereocenters. The summed E-state index contributed by atoms with van der Waals surface area (Å²) in [7, 11) is 1.24. The number of aryl methyl sites for hydroxylation is 1. The second-order valence-electron chi connectivity index (χ2n) is 5.89. The maximum atomic E-state index is 11.9. The minimum Gasteiger partial charge on any atom is -0.466 e. The Bertz CT molecular complexity index is 551. The summed E-state index contributed by atoms with van der Waals surface area (Å²) >= 11 is 0. The quantitative estimate of drug-likeness (QED) is 0.626. The average molecular weight is 306 g/mol. The number of hydrogen-bond donors (Lipinski definition) is 0. The lowest BCUT2D eigenvalue weighted by atomic mass is 10.0. The van der Waals surface area contributed by atoms with Crippen molar-refractivity contribution in [3.05, 3.63) is 47.5 Å². The lowest BCUT2D eigenvalue weighted by Crippen LogP contribution is -2.27. The molecular weight excluding hydrogens is 284 g/mol. The highest BCUT2D eigenvalue weighted by molar-refractivity contribution is 5.89. The molecule has 0 bridgehead atoms. The summed E-state index contributed by atoms with van der Waals surface area (Å²) in [6.07, 6.45) is -1.83. The smallest absolute Gasteiger partial charge is 0.466 e. The maximum absolute atomic E-state index is 11.9. The number of rotatable bonds is 4. The molecule has 1 rings (SSSR count). The van der Waals surface area contributed by atoms with Gasteiger partial charge in [-0.05, 0) is 33.3 Å². The fourth-order valence-corrected chi connectivity index (χ4v) is 1.69. The van der Waals surface area contributed by atoms with Crippen molar-refractivity contribution < 1.29 is 23.8 Å². The van der Waals surface area contributed by atoms with Gasteiger partial charge in [-0.3, -0.25) is 0 Å². The van der Waals surface area contributed by atoms with E-state index in [2.05, 4.69) is 11.3 Å². The van der Waals surface area contributed by atoms with E-state index < -0.39 is 23.8 Å². The van der Waals surface area contributed by atoms with Crippen molar-refractivity contribution in [1.82, 2.24) is 0 Å². The zero-order valence-electron chi connectivity index (χ0n) is 13.6. The molecule has 0 aliphatic heterocycles. The standard InChI is InChI=1S/C17H22O5/c1-11-7-9-13(10-8-11)14(12(2)15(18)20-6)21-16(19)22-17(3,4)5/h7-10,14H,2H2,1,3-6H3. The molecule has 1 aromatic rings. The summed E-state index contributed by atoms with van der Waals surface area (Å²) in [6.45, 7) is 10.8. The fourth-order valence-electron chi connectivity index (χ4n) is 1.69. The predicted octanol–water partition coefficient (Wildman–Crippen LogP) is 3.72. The zero-order valence-corrected chi connectivity index (χ0v) is 13.6. The Hall–Kier alpha value is -2.30. The number of methoxy groups -OCH3 is 1. The molecule has 0 aromatic heterocycles. The molecule has 0 aliphatic rings. The minimum absolute atomic E-state index is 0.0252. The number of esters is 1. The predicted molar refractivity (Wildman–Crippen MR) is 82.4 cm³/mol. The third-order valence-electron chi connectivity index (χ3n) is 2.75. The first-order valence-corrected chi connectivity index (χ1v) is 6.87. The second-order valence-corrected chi connectivity index (χ2v) is 5.89. The van der Waals surface area contributed by atoms with Crippen LogP contribution in [0.4, 0.5) is 4.79 Å². The van der Waals surface area contributed by atoms with Crippen molar-refractivity contribution >= 4 is 12.1 Å². The van der Waals surface area contributed by atoms with Gasteiger partial charge in [-0.25, -0.2) is 9.59 Å². The summed E-state index contributed by atoms with van der Waals surface area (Å²) in [5.41, 5.74) is 0.995. The molecule has 1 aromatic carbocycles. The highest BCUT2D eigenvalue weighted by atomic mass is 16.7. The molecule has 22 heavy (non-hydrogen) atoms. The van der Waals surface area contributed by atoms with Gasteiger partial charge in [0, 0.05) is 0 Å². The topological polar surface area (TPSA) is 61.8 Å². The average Bonchev–Trinajstić information content (AvgIpc) is 2.42. The molecule has 0 saturated heterocycles. The molecule has 5 heteroatoms. The lowest BCUT2D eigenvalue weighted by Gasteiger charge is -2.23. The highest BCUT2D eigenvalue weighted by Gasteiger charge is 2.28. The molecule has 0 radical (unpaired) electrons. The molecule has 0 heterocycles. The third-order valence-corrected chi connectivity index (χ3v) is 2.75. The van der Waals surface area contributed by atoms with Crippen LogP contribution in [-0.2, 0) is 19.0 Å². The van der Waals surface area contributed by atoms with Crippen molar-refractivity contribution in [3.63, 3.8) is 0 Å². The van der Waals surface area contributed by atoms with E-state index in [9.17, 15) is 9.59 Å². The van der Waals surface area contributed by atoms with Crippen LogP contribution in [0, 0.1) is 6.92 Å². The van der Waals surface area contributed by atoms with E-state index in [-0.39, 0.29) is 5.57 Å². The summed E-state index contributed by atoms with van der Waals surface area (Å²) in [5.74, 6) is -0.644. The molecular formula is C17H22O5. The van der Waals surface area contributed by atoms with Crippen molar-refractivity contribution in [2.75, 3.05) is 7.11 Å². The molecule has 0 aliphatic carbocycles. The van der Waals surface area contributed by atoms with Gasteiger partial charge in [0.2, 0.25) is 0 Å². The normalized spacial score (nSPS) is 12.2. The Kier molecular flexibility index (Phi) is 5.74. The Labute approximate surface area is 130 Å². The summed E-state index contributed by atoms with van der Waals surface area (Å²) < 4.78 is 15.0. The van der Waals surface area contributed by atoms with E-state index in [1.165, 1.54) is 7.11 Å². The van der Waals surface area contributed by atoms with E-state index in [0.29, 0.717) is 5.56 Å². The van der Waals surface area contributed by atoms with E-state index in [4.69, 9.17) is 9.47 Å². The van der Waals surface area contributed by atoms with E-state index in [1.54, 1.807) is 32.9 Å². The van der Waals surface area contributed by atoms with Crippen LogP contribution >= 0.6 is 0 Å². The Balaban J connectivity index is 3.01. The summed E-state index contributed by atoms with van der Waals surface area (Å²) in [6, 6.07) is 7.23. The molecule has 0 amide bonds. The largest absolute Gasteiger partial charge is 0.509 e. The first-order chi connectivity index (χ1) is 10.1. The van der Waals surface area contributed by atoms with Crippen LogP contribution in [0.1, 0.15) is 38.0 Å². The fraction of sp³-hybridized carbons (Fsp3) is 0.412. The van der Waals surface area contributed by atoms with E-state index in [1.807, 2.05) is 19.1 Å². The number of carbonyl (C=O) groups is 2. The molecule has 5 nitrogen and oxygen atoms in total. The third kappa shape index (κ3) is 5.24. The van der Waals surface area contributed by atoms with Gasteiger partial charge >= 0.3 is 12.1 Å². The number of hydrogen-bond acceptors (Lipinski definition) is 5. The van der Waals surface area contributed by atoms with Crippen LogP contribution in [0.5, 0.6) is 0 Å². The Morgan fingerprint density at radius 3 is 2.14 bits per heavy atom. The second kappa shape index (κ2) is 7.11. The zero-order chi connectivity index (χ0) is 16.9. The SMILES string of the molecule is C=C(C(=O)OC)C(OC(=O)OC(C)(C)C)c1ccc(C)cc1. The number of ether oxygens (including phenoxy) is 3. The lowest BCUT2D eigenvalue weighted by molar-refractivity contribution is -0.137. The van der Waals surface area contributed by atoms with Crippen LogP contribution in [0.3, 0.4) is 0 Å². The van der Waals surface area contributed by atoms with Crippen molar-refractivity contribution in [1.29, 1.82) is 0 Å². The van der Waals surface area contributed by atoms with Crippen molar-refractivity contribution in [2.45, 2.75) is 39.4 Å². The molecule has 0 saturated carbocycles. The number of benzene rings is 1. The minimum atomic E-state index is -0.956. The van der Waals surface area contributed by atoms with Gasteiger partial charge in [0.05, 0.1) is 12.7 Å².